The molecule has 2 aliphatic rings. The fourth-order valence-corrected chi connectivity index (χ4v) is 3.64. The third-order valence-corrected chi connectivity index (χ3v) is 5.03. The summed E-state index contributed by atoms with van der Waals surface area (Å²) in [4.78, 5) is 38.1. The predicted octanol–water partition coefficient (Wildman–Crippen LogP) is 1.64. The van der Waals surface area contributed by atoms with Crippen LogP contribution in [0.4, 0.5) is 11.4 Å². The number of hydrogen-bond acceptors (Lipinski definition) is 5. The van der Waals surface area contributed by atoms with E-state index in [9.17, 15) is 14.4 Å². The molecule has 2 aliphatic heterocycles. The van der Waals surface area contributed by atoms with Crippen LogP contribution >= 0.6 is 0 Å². The summed E-state index contributed by atoms with van der Waals surface area (Å²) in [5, 5.41) is 5.62. The van der Waals surface area contributed by atoms with Gasteiger partial charge in [0.15, 0.2) is 0 Å². The fourth-order valence-electron chi connectivity index (χ4n) is 3.64. The lowest BCUT2D eigenvalue weighted by Crippen LogP contribution is -2.52. The Morgan fingerprint density at radius 1 is 1.11 bits per heavy atom. The summed E-state index contributed by atoms with van der Waals surface area (Å²) in [5.41, 5.74) is 9.73. The molecule has 7 heteroatoms. The SMILES string of the molecule is Nc1ccc(NCc2cccc3c2C(=O)N(C2CCC(=O)NC2=O)C3)cc1. The number of imide groups is 1. The van der Waals surface area contributed by atoms with Gasteiger partial charge in [0.25, 0.3) is 5.91 Å². The van der Waals surface area contributed by atoms with Crippen LogP contribution in [-0.4, -0.2) is 28.7 Å². The largest absolute Gasteiger partial charge is 0.399 e. The molecule has 1 unspecified atom stereocenters. The highest BCUT2D eigenvalue weighted by Gasteiger charge is 2.39. The van der Waals surface area contributed by atoms with Crippen molar-refractivity contribution in [2.75, 3.05) is 11.1 Å². The van der Waals surface area contributed by atoms with Gasteiger partial charge in [0.2, 0.25) is 11.8 Å². The Balaban J connectivity index is 1.53. The molecular weight excluding hydrogens is 344 g/mol. The minimum absolute atomic E-state index is 0.158. The summed E-state index contributed by atoms with van der Waals surface area (Å²) in [6, 6.07) is 12.5. The van der Waals surface area contributed by atoms with E-state index in [-0.39, 0.29) is 18.2 Å². The molecule has 138 valence electrons. The van der Waals surface area contributed by atoms with Crippen LogP contribution in [0, 0.1) is 0 Å². The number of nitrogen functional groups attached to an aromatic ring is 1. The first-order valence-corrected chi connectivity index (χ1v) is 8.88. The number of hydrogen-bond donors (Lipinski definition) is 3. The van der Waals surface area contributed by atoms with E-state index in [2.05, 4.69) is 10.6 Å². The van der Waals surface area contributed by atoms with Crippen molar-refractivity contribution in [2.24, 2.45) is 0 Å². The van der Waals surface area contributed by atoms with Crippen LogP contribution in [0.15, 0.2) is 42.5 Å². The molecule has 1 atom stereocenters. The van der Waals surface area contributed by atoms with Crippen molar-refractivity contribution in [1.82, 2.24) is 10.2 Å². The molecule has 27 heavy (non-hydrogen) atoms. The lowest BCUT2D eigenvalue weighted by molar-refractivity contribution is -0.136. The van der Waals surface area contributed by atoms with Crippen LogP contribution in [0.3, 0.4) is 0 Å². The minimum Gasteiger partial charge on any atom is -0.399 e. The maximum Gasteiger partial charge on any atom is 0.255 e. The molecule has 0 saturated carbocycles. The maximum absolute atomic E-state index is 13.0. The van der Waals surface area contributed by atoms with Crippen LogP contribution in [0.5, 0.6) is 0 Å². The molecule has 0 aliphatic carbocycles. The Morgan fingerprint density at radius 2 is 1.89 bits per heavy atom. The third kappa shape index (κ3) is 3.23. The van der Waals surface area contributed by atoms with Gasteiger partial charge in [0.05, 0.1) is 0 Å². The number of nitrogens with two attached hydrogens (primary N) is 1. The molecule has 1 saturated heterocycles. The summed E-state index contributed by atoms with van der Waals surface area (Å²) >= 11 is 0. The first-order valence-electron chi connectivity index (χ1n) is 8.88. The minimum atomic E-state index is -0.597. The molecule has 2 heterocycles. The summed E-state index contributed by atoms with van der Waals surface area (Å²) in [6.07, 6.45) is 0.617. The second-order valence-electron chi connectivity index (χ2n) is 6.83. The van der Waals surface area contributed by atoms with Crippen LogP contribution in [-0.2, 0) is 22.7 Å². The van der Waals surface area contributed by atoms with Gasteiger partial charge in [-0.1, -0.05) is 18.2 Å². The molecule has 0 bridgehead atoms. The number of amides is 3. The zero-order chi connectivity index (χ0) is 19.0. The number of carbonyl (C=O) groups excluding carboxylic acids is 3. The number of carbonyl (C=O) groups is 3. The first kappa shape index (κ1) is 17.1. The number of fused-ring (bicyclic) bond motifs is 1. The van der Waals surface area contributed by atoms with Crippen LogP contribution < -0.4 is 16.4 Å². The number of rotatable bonds is 4. The van der Waals surface area contributed by atoms with Gasteiger partial charge in [-0.3, -0.25) is 19.7 Å². The van der Waals surface area contributed by atoms with Gasteiger partial charge in [0.1, 0.15) is 6.04 Å². The van der Waals surface area contributed by atoms with E-state index in [0.29, 0.717) is 30.8 Å². The monoisotopic (exact) mass is 364 g/mol. The van der Waals surface area contributed by atoms with Crippen molar-refractivity contribution >= 4 is 29.1 Å². The van der Waals surface area contributed by atoms with Gasteiger partial charge in [-0.05, 0) is 41.8 Å². The average Bonchev–Trinajstić information content (AvgIpc) is 2.98. The van der Waals surface area contributed by atoms with Crippen LogP contribution in [0.1, 0.15) is 34.3 Å². The van der Waals surface area contributed by atoms with Crippen LogP contribution in [0.2, 0.25) is 0 Å². The third-order valence-electron chi connectivity index (χ3n) is 5.03. The number of benzene rings is 2. The van der Waals surface area contributed by atoms with E-state index in [1.807, 2.05) is 42.5 Å². The van der Waals surface area contributed by atoms with Crippen molar-refractivity contribution in [3.05, 3.63) is 59.2 Å². The molecule has 1 fully saturated rings. The van der Waals surface area contributed by atoms with Gasteiger partial charge < -0.3 is 16.0 Å². The predicted molar refractivity (Wildman–Crippen MR) is 101 cm³/mol. The summed E-state index contributed by atoms with van der Waals surface area (Å²) < 4.78 is 0. The summed E-state index contributed by atoms with van der Waals surface area (Å²) in [7, 11) is 0. The molecule has 0 radical (unpaired) electrons. The lowest BCUT2D eigenvalue weighted by atomic mass is 10.0. The van der Waals surface area contributed by atoms with E-state index >= 15 is 0 Å². The molecule has 7 nitrogen and oxygen atoms in total. The standard InChI is InChI=1S/C20H20N4O3/c21-14-4-6-15(7-5-14)22-10-12-2-1-3-13-11-24(20(27)18(12)13)16-8-9-17(25)23-19(16)26/h1-7,16,22H,8-11,21H2,(H,23,25,26). The summed E-state index contributed by atoms with van der Waals surface area (Å²) in [6.45, 7) is 0.873. The summed E-state index contributed by atoms with van der Waals surface area (Å²) in [5.74, 6) is -0.836. The second kappa shape index (κ2) is 6.75. The first-order chi connectivity index (χ1) is 13.0. The van der Waals surface area contributed by atoms with Gasteiger partial charge >= 0.3 is 0 Å². The molecule has 4 N–H and O–H groups in total. The normalized spacial score (nSPS) is 19.0. The topological polar surface area (TPSA) is 105 Å². The van der Waals surface area contributed by atoms with Gasteiger partial charge in [-0.15, -0.1) is 0 Å². The van der Waals surface area contributed by atoms with E-state index in [4.69, 9.17) is 5.73 Å². The molecular formula is C20H20N4O3. The van der Waals surface area contributed by atoms with Crippen molar-refractivity contribution < 1.29 is 14.4 Å². The van der Waals surface area contributed by atoms with E-state index in [0.717, 1.165) is 16.8 Å². The van der Waals surface area contributed by atoms with Gasteiger partial charge in [-0.2, -0.15) is 0 Å². The van der Waals surface area contributed by atoms with Crippen molar-refractivity contribution in [2.45, 2.75) is 32.0 Å². The van der Waals surface area contributed by atoms with Crippen molar-refractivity contribution in [3.8, 4) is 0 Å². The highest BCUT2D eigenvalue weighted by atomic mass is 16.2. The number of nitrogens with zero attached hydrogens (tertiary/aromatic N) is 1. The molecule has 0 aromatic heterocycles. The number of anilines is 2. The quantitative estimate of drug-likeness (QED) is 0.565. The Kier molecular flexibility index (Phi) is 4.27. The Labute approximate surface area is 156 Å². The zero-order valence-electron chi connectivity index (χ0n) is 14.7. The molecule has 4 rings (SSSR count). The maximum atomic E-state index is 13.0. The molecule has 3 amide bonds. The number of nitrogens with one attached hydrogen (secondary N) is 2. The van der Waals surface area contributed by atoms with E-state index in [1.54, 1.807) is 4.90 Å². The Hall–Kier alpha value is -3.35. The van der Waals surface area contributed by atoms with Crippen molar-refractivity contribution in [1.29, 1.82) is 0 Å². The number of piperidine rings is 1. The van der Waals surface area contributed by atoms with Crippen LogP contribution in [0.25, 0.3) is 0 Å². The highest BCUT2D eigenvalue weighted by Crippen LogP contribution is 2.30. The van der Waals surface area contributed by atoms with Gasteiger partial charge in [0, 0.05) is 36.4 Å². The Morgan fingerprint density at radius 3 is 2.63 bits per heavy atom. The highest BCUT2D eigenvalue weighted by molar-refractivity contribution is 6.06. The van der Waals surface area contributed by atoms with E-state index in [1.165, 1.54) is 0 Å². The smallest absolute Gasteiger partial charge is 0.255 e. The lowest BCUT2D eigenvalue weighted by Gasteiger charge is -2.29. The molecule has 0 spiro atoms. The van der Waals surface area contributed by atoms with Gasteiger partial charge in [-0.25, -0.2) is 0 Å². The fraction of sp³-hybridized carbons (Fsp3) is 0.250. The molecule has 2 aromatic carbocycles. The molecule has 2 aromatic rings. The second-order valence-corrected chi connectivity index (χ2v) is 6.83. The Bertz CT molecular complexity index is 923. The van der Waals surface area contributed by atoms with Crippen molar-refractivity contribution in [3.63, 3.8) is 0 Å². The van der Waals surface area contributed by atoms with E-state index < -0.39 is 11.9 Å². The zero-order valence-corrected chi connectivity index (χ0v) is 14.7. The average molecular weight is 364 g/mol.